The summed E-state index contributed by atoms with van der Waals surface area (Å²) in [6, 6.07) is 5.25. The fraction of sp³-hybridized carbons (Fsp3) is 0.533. The van der Waals surface area contributed by atoms with Gasteiger partial charge >= 0.3 is 0 Å². The van der Waals surface area contributed by atoms with Crippen molar-refractivity contribution in [2.24, 2.45) is 5.73 Å². The predicted octanol–water partition coefficient (Wildman–Crippen LogP) is 2.58. The van der Waals surface area contributed by atoms with E-state index < -0.39 is 10.0 Å². The first kappa shape index (κ1) is 16.4. The molecule has 0 amide bonds. The zero-order valence-corrected chi connectivity index (χ0v) is 14.1. The minimum atomic E-state index is -3.50. The quantitative estimate of drug-likeness (QED) is 0.845. The Morgan fingerprint density at radius 3 is 2.52 bits per heavy atom. The van der Waals surface area contributed by atoms with E-state index in [1.54, 1.807) is 29.4 Å². The highest BCUT2D eigenvalue weighted by molar-refractivity contribution is 7.89. The fourth-order valence-electron chi connectivity index (χ4n) is 2.97. The third kappa shape index (κ3) is 3.27. The van der Waals surface area contributed by atoms with Crippen molar-refractivity contribution in [3.63, 3.8) is 0 Å². The Kier molecular flexibility index (Phi) is 5.01. The van der Waals surface area contributed by atoms with E-state index in [9.17, 15) is 8.42 Å². The highest BCUT2D eigenvalue weighted by Crippen LogP contribution is 2.30. The van der Waals surface area contributed by atoms with Crippen molar-refractivity contribution in [1.82, 2.24) is 4.31 Å². The van der Waals surface area contributed by atoms with Gasteiger partial charge in [-0.15, -0.1) is 0 Å². The van der Waals surface area contributed by atoms with E-state index in [0.29, 0.717) is 17.0 Å². The molecule has 1 aromatic carbocycles. The van der Waals surface area contributed by atoms with Gasteiger partial charge in [0.15, 0.2) is 0 Å². The monoisotopic (exact) mass is 326 g/mol. The van der Waals surface area contributed by atoms with Crippen LogP contribution >= 0.6 is 12.2 Å². The molecule has 0 spiro atoms. The van der Waals surface area contributed by atoms with Crippen LogP contribution in [-0.2, 0) is 10.0 Å². The molecule has 1 aliphatic rings. The lowest BCUT2D eigenvalue weighted by Crippen LogP contribution is -2.39. The lowest BCUT2D eigenvalue weighted by atomic mass is 10.1. The van der Waals surface area contributed by atoms with Gasteiger partial charge in [-0.1, -0.05) is 44.1 Å². The predicted molar refractivity (Wildman–Crippen MR) is 88.9 cm³/mol. The molecule has 1 aromatic rings. The molecule has 0 radical (unpaired) electrons. The van der Waals surface area contributed by atoms with Crippen molar-refractivity contribution >= 4 is 27.2 Å². The van der Waals surface area contributed by atoms with Crippen molar-refractivity contribution in [3.05, 3.63) is 29.3 Å². The second kappa shape index (κ2) is 6.42. The molecule has 0 aliphatic heterocycles. The first-order valence-corrected chi connectivity index (χ1v) is 9.15. The highest BCUT2D eigenvalue weighted by Gasteiger charge is 2.33. The lowest BCUT2D eigenvalue weighted by Gasteiger charge is -2.27. The minimum Gasteiger partial charge on any atom is -0.389 e. The lowest BCUT2D eigenvalue weighted by molar-refractivity contribution is 0.335. The topological polar surface area (TPSA) is 63.4 Å². The van der Waals surface area contributed by atoms with Gasteiger partial charge in [-0.25, -0.2) is 8.42 Å². The molecular formula is C15H22N2O2S2. The summed E-state index contributed by atoms with van der Waals surface area (Å²) in [5.74, 6) is 0. The first-order chi connectivity index (χ1) is 9.87. The van der Waals surface area contributed by atoms with Crippen LogP contribution in [0.4, 0.5) is 0 Å². The molecule has 0 aromatic heterocycles. The van der Waals surface area contributed by atoms with Gasteiger partial charge in [0.25, 0.3) is 0 Å². The Balaban J connectivity index is 2.46. The molecule has 1 saturated carbocycles. The Morgan fingerprint density at radius 2 is 2.00 bits per heavy atom. The third-order valence-corrected chi connectivity index (χ3v) is 6.51. The molecule has 6 heteroatoms. The van der Waals surface area contributed by atoms with Crippen LogP contribution in [0.15, 0.2) is 23.1 Å². The number of nitrogens with two attached hydrogens (primary N) is 1. The Morgan fingerprint density at radius 1 is 1.38 bits per heavy atom. The number of hydrogen-bond acceptors (Lipinski definition) is 3. The summed E-state index contributed by atoms with van der Waals surface area (Å²) in [5.41, 5.74) is 6.95. The van der Waals surface area contributed by atoms with E-state index in [-0.39, 0.29) is 11.0 Å². The Hall–Kier alpha value is -0.980. The summed E-state index contributed by atoms with van der Waals surface area (Å²) in [6.07, 6.45) is 4.09. The van der Waals surface area contributed by atoms with Crippen LogP contribution in [0.25, 0.3) is 0 Å². The molecule has 2 rings (SSSR count). The van der Waals surface area contributed by atoms with Crippen molar-refractivity contribution < 1.29 is 8.42 Å². The van der Waals surface area contributed by atoms with E-state index in [1.165, 1.54) is 0 Å². The van der Waals surface area contributed by atoms with E-state index in [4.69, 9.17) is 18.0 Å². The summed E-state index contributed by atoms with van der Waals surface area (Å²) < 4.78 is 27.6. The smallest absolute Gasteiger partial charge is 0.243 e. The number of sulfonamides is 1. The van der Waals surface area contributed by atoms with Crippen molar-refractivity contribution in [2.75, 3.05) is 6.54 Å². The largest absolute Gasteiger partial charge is 0.389 e. The van der Waals surface area contributed by atoms with Gasteiger partial charge in [-0.3, -0.25) is 0 Å². The fourth-order valence-corrected chi connectivity index (χ4v) is 5.05. The third-order valence-electron chi connectivity index (χ3n) is 4.10. The Labute approximate surface area is 132 Å². The van der Waals surface area contributed by atoms with Gasteiger partial charge in [0, 0.05) is 18.2 Å². The molecule has 0 unspecified atom stereocenters. The van der Waals surface area contributed by atoms with Crippen molar-refractivity contribution in [1.29, 1.82) is 0 Å². The minimum absolute atomic E-state index is 0.118. The van der Waals surface area contributed by atoms with Gasteiger partial charge in [0.05, 0.1) is 4.90 Å². The molecule has 116 valence electrons. The normalized spacial score (nSPS) is 16.5. The van der Waals surface area contributed by atoms with Crippen LogP contribution in [0.5, 0.6) is 0 Å². The molecule has 4 nitrogen and oxygen atoms in total. The average molecular weight is 326 g/mol. The van der Waals surface area contributed by atoms with Crippen molar-refractivity contribution in [3.8, 4) is 0 Å². The number of rotatable bonds is 5. The van der Waals surface area contributed by atoms with Crippen LogP contribution in [-0.4, -0.2) is 30.3 Å². The number of nitrogens with zero attached hydrogens (tertiary/aromatic N) is 1. The second-order valence-corrected chi connectivity index (χ2v) is 7.79. The number of aryl methyl sites for hydroxylation is 1. The van der Waals surface area contributed by atoms with E-state index in [2.05, 4.69) is 0 Å². The SMILES string of the molecule is CCN(C1CCCC1)S(=O)(=O)c1cc(C(N)=S)ccc1C. The van der Waals surface area contributed by atoms with Gasteiger partial charge in [0.1, 0.15) is 4.99 Å². The van der Waals surface area contributed by atoms with E-state index >= 15 is 0 Å². The highest BCUT2D eigenvalue weighted by atomic mass is 32.2. The maximum Gasteiger partial charge on any atom is 0.243 e. The standard InChI is InChI=1S/C15H22N2O2S2/c1-3-17(13-6-4-5-7-13)21(18,19)14-10-12(15(16)20)9-8-11(14)2/h8-10,13H,3-7H2,1-2H3,(H2,16,20). The van der Waals surface area contributed by atoms with Crippen LogP contribution < -0.4 is 5.73 Å². The van der Waals surface area contributed by atoms with Crippen LogP contribution in [0.3, 0.4) is 0 Å². The maximum absolute atomic E-state index is 13.0. The van der Waals surface area contributed by atoms with Crippen LogP contribution in [0, 0.1) is 6.92 Å². The first-order valence-electron chi connectivity index (χ1n) is 7.30. The van der Waals surface area contributed by atoms with Gasteiger partial charge < -0.3 is 5.73 Å². The second-order valence-electron chi connectivity index (χ2n) is 5.49. The van der Waals surface area contributed by atoms with Gasteiger partial charge in [-0.2, -0.15) is 4.31 Å². The number of benzene rings is 1. The summed E-state index contributed by atoms with van der Waals surface area (Å²) in [6.45, 7) is 4.19. The number of hydrogen-bond donors (Lipinski definition) is 1. The van der Waals surface area contributed by atoms with Crippen LogP contribution in [0.2, 0.25) is 0 Å². The molecule has 1 aliphatic carbocycles. The molecule has 0 bridgehead atoms. The van der Waals surface area contributed by atoms with Gasteiger partial charge in [-0.05, 0) is 31.4 Å². The molecule has 21 heavy (non-hydrogen) atoms. The number of thiocarbonyl (C=S) groups is 1. The van der Waals surface area contributed by atoms with Crippen LogP contribution in [0.1, 0.15) is 43.7 Å². The van der Waals surface area contributed by atoms with Crippen molar-refractivity contribution in [2.45, 2.75) is 50.5 Å². The summed E-state index contributed by atoms with van der Waals surface area (Å²) in [4.78, 5) is 0.539. The summed E-state index contributed by atoms with van der Waals surface area (Å²) >= 11 is 4.96. The Bertz CT molecular complexity index is 635. The zero-order valence-electron chi connectivity index (χ0n) is 12.5. The van der Waals surface area contributed by atoms with E-state index in [0.717, 1.165) is 31.2 Å². The van der Waals surface area contributed by atoms with E-state index in [1.807, 2.05) is 6.92 Å². The molecule has 0 heterocycles. The average Bonchev–Trinajstić information content (AvgIpc) is 2.93. The summed E-state index contributed by atoms with van der Waals surface area (Å²) in [5, 5.41) is 0. The maximum atomic E-state index is 13.0. The van der Waals surface area contributed by atoms with Gasteiger partial charge in [0.2, 0.25) is 10.0 Å². The molecular weight excluding hydrogens is 304 g/mol. The molecule has 1 fully saturated rings. The summed E-state index contributed by atoms with van der Waals surface area (Å²) in [7, 11) is -3.50. The molecule has 0 saturated heterocycles. The molecule has 0 atom stereocenters. The molecule has 2 N–H and O–H groups in total. The zero-order chi connectivity index (χ0) is 15.6.